The van der Waals surface area contributed by atoms with Crippen LogP contribution in [0, 0.1) is 0 Å². The van der Waals surface area contributed by atoms with Gasteiger partial charge in [0, 0.05) is 57.1 Å². The Labute approximate surface area is 244 Å². The summed E-state index contributed by atoms with van der Waals surface area (Å²) in [5.41, 5.74) is -0.977. The molecule has 7 atom stereocenters. The third-order valence-corrected chi connectivity index (χ3v) is 9.97. The average molecular weight is 602 g/mol. The molecule has 238 valence electrons. The smallest absolute Gasteiger partial charge is 0.252 e. The molecule has 0 aromatic rings. The van der Waals surface area contributed by atoms with E-state index in [9.17, 15) is 38.5 Å². The number of piperidine rings is 1. The zero-order valence-electron chi connectivity index (χ0n) is 24.3. The van der Waals surface area contributed by atoms with Crippen LogP contribution in [0.2, 0.25) is 0 Å². The molecule has 14 heteroatoms. The van der Waals surface area contributed by atoms with Gasteiger partial charge in [-0.25, -0.2) is 8.78 Å². The summed E-state index contributed by atoms with van der Waals surface area (Å²) in [6, 6.07) is -1.35. The topological polar surface area (TPSA) is 164 Å². The molecule has 5 rings (SSSR count). The van der Waals surface area contributed by atoms with Gasteiger partial charge in [0.15, 0.2) is 6.10 Å². The van der Waals surface area contributed by atoms with Gasteiger partial charge in [-0.2, -0.15) is 0 Å². The number of nitrogens with zero attached hydrogens (tertiary/aromatic N) is 2. The molecule has 5 fully saturated rings. The van der Waals surface area contributed by atoms with E-state index >= 15 is 0 Å². The van der Waals surface area contributed by atoms with Crippen LogP contribution in [0.3, 0.4) is 0 Å². The van der Waals surface area contributed by atoms with Gasteiger partial charge in [-0.15, -0.1) is 0 Å². The van der Waals surface area contributed by atoms with E-state index in [4.69, 9.17) is 4.74 Å². The number of nitrogens with one attached hydrogen (secondary N) is 3. The summed E-state index contributed by atoms with van der Waals surface area (Å²) in [7, 11) is 0. The quantitative estimate of drug-likeness (QED) is 0.235. The van der Waals surface area contributed by atoms with Crippen LogP contribution in [0.25, 0.3) is 0 Å². The van der Waals surface area contributed by atoms with Gasteiger partial charge in [-0.3, -0.25) is 14.4 Å². The number of hydrogen-bond acceptors (Lipinski definition) is 9. The molecule has 3 amide bonds. The van der Waals surface area contributed by atoms with Crippen molar-refractivity contribution in [2.24, 2.45) is 0 Å². The number of likely N-dealkylation sites (tertiary alicyclic amines) is 1. The predicted octanol–water partition coefficient (Wildman–Crippen LogP) is -1.15. The van der Waals surface area contributed by atoms with Crippen molar-refractivity contribution < 1.29 is 43.2 Å². The minimum Gasteiger partial charge on any atom is -0.388 e. The molecular formula is C28H45F2N5O7. The zero-order chi connectivity index (χ0) is 30.4. The molecular weight excluding hydrogens is 556 g/mol. The minimum absolute atomic E-state index is 0.0752. The molecule has 4 saturated heterocycles. The Balaban J connectivity index is 1.42. The number of alkyl halides is 2. The molecule has 1 saturated carbocycles. The highest BCUT2D eigenvalue weighted by Gasteiger charge is 2.51. The molecule has 0 radical (unpaired) electrons. The van der Waals surface area contributed by atoms with E-state index in [1.807, 2.05) is 0 Å². The number of amides is 3. The van der Waals surface area contributed by atoms with Crippen molar-refractivity contribution in [2.75, 3.05) is 26.2 Å². The number of hydrogen-bond donors (Lipinski definition) is 6. The van der Waals surface area contributed by atoms with Crippen LogP contribution in [0.4, 0.5) is 8.78 Å². The maximum Gasteiger partial charge on any atom is 0.252 e. The first-order valence-electron chi connectivity index (χ1n) is 15.3. The Morgan fingerprint density at radius 3 is 2.24 bits per heavy atom. The first kappa shape index (κ1) is 31.5. The normalized spacial score (nSPS) is 38.3. The Kier molecular flexibility index (Phi) is 9.13. The SMILES string of the molecule is CC(C)N1CCC2(CC1)CC(=O)N1CC[C@@H](NC3CCC(F)(F)CC3)[C@H]1C(=O)NC[C@@H]1O[C@H](C(=O)N2)[C@H](O)[C@H](O)[C@H]1O. The van der Waals surface area contributed by atoms with Crippen LogP contribution in [0.1, 0.15) is 65.2 Å². The van der Waals surface area contributed by atoms with Crippen molar-refractivity contribution in [2.45, 2.75) is 131 Å². The van der Waals surface area contributed by atoms with Gasteiger partial charge in [0.2, 0.25) is 17.7 Å². The second kappa shape index (κ2) is 12.2. The lowest BCUT2D eigenvalue weighted by Gasteiger charge is -2.45. The second-order valence-corrected chi connectivity index (χ2v) is 13.1. The van der Waals surface area contributed by atoms with Crippen LogP contribution in [-0.4, -0.2) is 135 Å². The Morgan fingerprint density at radius 1 is 0.929 bits per heavy atom. The van der Waals surface area contributed by atoms with E-state index in [-0.39, 0.29) is 63.2 Å². The number of halogens is 2. The summed E-state index contributed by atoms with van der Waals surface area (Å²) in [6.07, 6.45) is -6.36. The average Bonchev–Trinajstić information content (AvgIpc) is 3.36. The fourth-order valence-electron chi connectivity index (χ4n) is 7.26. The lowest BCUT2D eigenvalue weighted by molar-refractivity contribution is -0.220. The first-order chi connectivity index (χ1) is 19.8. The summed E-state index contributed by atoms with van der Waals surface area (Å²) in [4.78, 5) is 44.9. The molecule has 5 aliphatic rings. The molecule has 0 aromatic heterocycles. The molecule has 12 nitrogen and oxygen atoms in total. The van der Waals surface area contributed by atoms with Gasteiger partial charge in [0.25, 0.3) is 5.91 Å². The van der Waals surface area contributed by atoms with Crippen LogP contribution >= 0.6 is 0 Å². The lowest BCUT2D eigenvalue weighted by atomic mass is 9.82. The molecule has 4 heterocycles. The van der Waals surface area contributed by atoms with Crippen LogP contribution in [-0.2, 0) is 19.1 Å². The van der Waals surface area contributed by atoms with E-state index in [1.54, 1.807) is 0 Å². The van der Waals surface area contributed by atoms with Crippen LogP contribution in [0.15, 0.2) is 0 Å². The van der Waals surface area contributed by atoms with Gasteiger partial charge in [-0.05, 0) is 46.0 Å². The highest BCUT2D eigenvalue weighted by molar-refractivity contribution is 5.90. The van der Waals surface area contributed by atoms with Crippen molar-refractivity contribution in [3.8, 4) is 0 Å². The maximum atomic E-state index is 14.0. The molecule has 42 heavy (non-hydrogen) atoms. The number of aliphatic hydroxyl groups is 3. The van der Waals surface area contributed by atoms with Gasteiger partial charge >= 0.3 is 0 Å². The van der Waals surface area contributed by atoms with Crippen molar-refractivity contribution in [1.82, 2.24) is 25.8 Å². The first-order valence-corrected chi connectivity index (χ1v) is 15.3. The standard InChI is InChI=1S/C28H45F2N5O7/c1-15(2)34-11-8-27(9-12-34)13-19(36)35-10-5-17(32-16-3-6-28(29,30)7-4-16)20(35)25(40)31-14-18-21(37)22(38)23(39)24(42-18)26(41)33-27/h15-18,20-24,32,37-39H,3-14H2,1-2H3,(H,31,40)(H,33,41)/t17-,18+,20+,21+,22-,23-,24+/m1/s1. The van der Waals surface area contributed by atoms with Gasteiger partial charge in [-0.1, -0.05) is 0 Å². The van der Waals surface area contributed by atoms with E-state index in [0.29, 0.717) is 32.4 Å². The summed E-state index contributed by atoms with van der Waals surface area (Å²) < 4.78 is 33.3. The zero-order valence-corrected chi connectivity index (χ0v) is 24.3. The van der Waals surface area contributed by atoms with Gasteiger partial charge < -0.3 is 45.8 Å². The monoisotopic (exact) mass is 601 g/mol. The van der Waals surface area contributed by atoms with Gasteiger partial charge in [0.05, 0.1) is 12.0 Å². The Hall–Kier alpha value is -1.97. The predicted molar refractivity (Wildman–Crippen MR) is 145 cm³/mol. The third kappa shape index (κ3) is 6.43. The summed E-state index contributed by atoms with van der Waals surface area (Å²) in [5, 5.41) is 40.8. The van der Waals surface area contributed by atoms with E-state index < -0.39 is 65.9 Å². The highest BCUT2D eigenvalue weighted by Crippen LogP contribution is 2.35. The van der Waals surface area contributed by atoms with Gasteiger partial charge in [0.1, 0.15) is 30.5 Å². The van der Waals surface area contributed by atoms with Crippen molar-refractivity contribution in [1.29, 1.82) is 0 Å². The Bertz CT molecular complexity index is 1020. The van der Waals surface area contributed by atoms with Crippen LogP contribution in [0.5, 0.6) is 0 Å². The maximum absolute atomic E-state index is 14.0. The second-order valence-electron chi connectivity index (χ2n) is 13.1. The molecule has 1 spiro atoms. The summed E-state index contributed by atoms with van der Waals surface area (Å²) in [6.45, 7) is 5.37. The number of fused-ring (bicyclic) bond motifs is 3. The number of rotatable bonds is 3. The molecule has 1 aliphatic carbocycles. The van der Waals surface area contributed by atoms with Crippen molar-refractivity contribution >= 4 is 17.7 Å². The summed E-state index contributed by atoms with van der Waals surface area (Å²) in [5.74, 6) is -4.20. The van der Waals surface area contributed by atoms with E-state index in [0.717, 1.165) is 0 Å². The highest BCUT2D eigenvalue weighted by atomic mass is 19.3. The number of carbonyl (C=O) groups is 3. The van der Waals surface area contributed by atoms with Crippen molar-refractivity contribution in [3.05, 3.63) is 0 Å². The molecule has 0 unspecified atom stereocenters. The molecule has 0 aromatic carbocycles. The number of aliphatic hydroxyl groups excluding tert-OH is 3. The largest absolute Gasteiger partial charge is 0.388 e. The number of ether oxygens (including phenoxy) is 1. The molecule has 6 N–H and O–H groups in total. The minimum atomic E-state index is -2.69. The van der Waals surface area contributed by atoms with Crippen molar-refractivity contribution in [3.63, 3.8) is 0 Å². The van der Waals surface area contributed by atoms with E-state index in [1.165, 1.54) is 4.90 Å². The Morgan fingerprint density at radius 2 is 1.60 bits per heavy atom. The lowest BCUT2D eigenvalue weighted by Crippen LogP contribution is -2.66. The fraction of sp³-hybridized carbons (Fsp3) is 0.893. The third-order valence-electron chi connectivity index (χ3n) is 9.97. The summed E-state index contributed by atoms with van der Waals surface area (Å²) >= 11 is 0. The number of carbonyl (C=O) groups excluding carboxylic acids is 3. The molecule has 4 aliphatic heterocycles. The fourth-order valence-corrected chi connectivity index (χ4v) is 7.26. The molecule has 2 bridgehead atoms. The van der Waals surface area contributed by atoms with Crippen LogP contribution < -0.4 is 16.0 Å². The van der Waals surface area contributed by atoms with E-state index in [2.05, 4.69) is 34.7 Å².